The van der Waals surface area contributed by atoms with Gasteiger partial charge in [0.15, 0.2) is 5.65 Å². The molecule has 0 fully saturated rings. The predicted octanol–water partition coefficient (Wildman–Crippen LogP) is 3.22. The molecular formula is C17H14BrFN4O3. The summed E-state index contributed by atoms with van der Waals surface area (Å²) in [6.07, 6.45) is 1.41. The van der Waals surface area contributed by atoms with E-state index in [1.54, 1.807) is 6.92 Å². The Bertz CT molecular complexity index is 989. The van der Waals surface area contributed by atoms with Gasteiger partial charge in [-0.15, -0.1) is 0 Å². The number of aromatic amines is 1. The topological polar surface area (TPSA) is 97.0 Å². The van der Waals surface area contributed by atoms with E-state index in [1.165, 1.54) is 30.5 Å². The molecule has 3 aromatic rings. The molecule has 0 aliphatic carbocycles. The minimum absolute atomic E-state index is 0.0455. The number of carbonyl (C=O) groups is 2. The zero-order valence-electron chi connectivity index (χ0n) is 13.7. The third kappa shape index (κ3) is 3.88. The van der Waals surface area contributed by atoms with Gasteiger partial charge in [-0.05, 0) is 47.1 Å². The zero-order chi connectivity index (χ0) is 18.7. The van der Waals surface area contributed by atoms with E-state index >= 15 is 0 Å². The van der Waals surface area contributed by atoms with Gasteiger partial charge in [0.1, 0.15) is 18.1 Å². The van der Waals surface area contributed by atoms with Crippen molar-refractivity contribution in [2.45, 2.75) is 13.3 Å². The van der Waals surface area contributed by atoms with E-state index in [4.69, 9.17) is 4.74 Å². The van der Waals surface area contributed by atoms with Crippen LogP contribution in [-0.2, 0) is 16.0 Å². The molecule has 2 N–H and O–H groups in total. The molecule has 0 spiro atoms. The Labute approximate surface area is 156 Å². The number of nitrogens with zero attached hydrogens (tertiary/aromatic N) is 2. The minimum atomic E-state index is -0.425. The summed E-state index contributed by atoms with van der Waals surface area (Å²) < 4.78 is 18.4. The molecule has 0 atom stereocenters. The standard InChI is InChI=1S/C17H14BrFN4O3/c1-2-26-14(24)8-13-22-15-10(5-6-20-16(15)23-13)17(25)21-9-3-4-12(19)11(18)7-9/h3-7H,2,8H2,1H3,(H,21,25)(H,20,22,23). The molecule has 3 rings (SSSR count). The summed E-state index contributed by atoms with van der Waals surface area (Å²) in [4.78, 5) is 35.4. The number of pyridine rings is 1. The molecule has 0 saturated carbocycles. The number of hydrogen-bond acceptors (Lipinski definition) is 5. The highest BCUT2D eigenvalue weighted by atomic mass is 79.9. The van der Waals surface area contributed by atoms with Crippen LogP contribution in [0.5, 0.6) is 0 Å². The summed E-state index contributed by atoms with van der Waals surface area (Å²) in [5, 5.41) is 2.69. The summed E-state index contributed by atoms with van der Waals surface area (Å²) >= 11 is 3.07. The van der Waals surface area contributed by atoms with Gasteiger partial charge < -0.3 is 15.0 Å². The number of imidazole rings is 1. The van der Waals surface area contributed by atoms with E-state index in [0.717, 1.165) is 0 Å². The second-order valence-corrected chi connectivity index (χ2v) is 6.16. The molecular weight excluding hydrogens is 407 g/mol. The SMILES string of the molecule is CCOC(=O)Cc1nc2nccc(C(=O)Nc3ccc(F)c(Br)c3)c2[nH]1. The molecule has 1 amide bonds. The van der Waals surface area contributed by atoms with Gasteiger partial charge in [-0.1, -0.05) is 0 Å². The smallest absolute Gasteiger partial charge is 0.313 e. The molecule has 0 aliphatic rings. The maximum atomic E-state index is 13.3. The number of ether oxygens (including phenoxy) is 1. The van der Waals surface area contributed by atoms with Crippen LogP contribution in [0.4, 0.5) is 10.1 Å². The first-order chi connectivity index (χ1) is 12.5. The fourth-order valence-electron chi connectivity index (χ4n) is 2.35. The number of anilines is 1. The molecule has 2 heterocycles. The molecule has 0 bridgehead atoms. The molecule has 134 valence electrons. The van der Waals surface area contributed by atoms with Crippen molar-refractivity contribution < 1.29 is 18.7 Å². The first-order valence-corrected chi connectivity index (χ1v) is 8.53. The average Bonchev–Trinajstić information content (AvgIpc) is 3.00. The maximum absolute atomic E-state index is 13.3. The van der Waals surface area contributed by atoms with Crippen molar-refractivity contribution in [3.05, 3.63) is 52.1 Å². The van der Waals surface area contributed by atoms with Gasteiger partial charge in [-0.2, -0.15) is 0 Å². The van der Waals surface area contributed by atoms with Gasteiger partial charge in [0.2, 0.25) is 0 Å². The van der Waals surface area contributed by atoms with Gasteiger partial charge in [0.25, 0.3) is 5.91 Å². The van der Waals surface area contributed by atoms with Crippen LogP contribution in [0.15, 0.2) is 34.9 Å². The van der Waals surface area contributed by atoms with E-state index < -0.39 is 17.7 Å². The number of carbonyl (C=O) groups excluding carboxylic acids is 2. The summed E-state index contributed by atoms with van der Waals surface area (Å²) in [5.41, 5.74) is 1.46. The number of hydrogen-bond donors (Lipinski definition) is 2. The van der Waals surface area contributed by atoms with E-state index in [-0.39, 0.29) is 17.5 Å². The highest BCUT2D eigenvalue weighted by molar-refractivity contribution is 9.10. The van der Waals surface area contributed by atoms with Crippen LogP contribution in [0.3, 0.4) is 0 Å². The number of amides is 1. The number of fused-ring (bicyclic) bond motifs is 1. The molecule has 7 nitrogen and oxygen atoms in total. The number of aromatic nitrogens is 3. The highest BCUT2D eigenvalue weighted by Gasteiger charge is 2.16. The van der Waals surface area contributed by atoms with E-state index in [0.29, 0.717) is 28.2 Å². The maximum Gasteiger partial charge on any atom is 0.313 e. The monoisotopic (exact) mass is 420 g/mol. The molecule has 0 radical (unpaired) electrons. The van der Waals surface area contributed by atoms with Crippen molar-refractivity contribution in [1.82, 2.24) is 15.0 Å². The van der Waals surface area contributed by atoms with Gasteiger partial charge in [0, 0.05) is 11.9 Å². The van der Waals surface area contributed by atoms with Gasteiger partial charge >= 0.3 is 5.97 Å². The third-order valence-electron chi connectivity index (χ3n) is 3.48. The predicted molar refractivity (Wildman–Crippen MR) is 96.3 cm³/mol. The Morgan fingerprint density at radius 2 is 2.15 bits per heavy atom. The van der Waals surface area contributed by atoms with Crippen molar-refractivity contribution in [1.29, 1.82) is 0 Å². The van der Waals surface area contributed by atoms with Crippen molar-refractivity contribution >= 4 is 44.7 Å². The van der Waals surface area contributed by atoms with Crippen LogP contribution in [0.1, 0.15) is 23.1 Å². The molecule has 9 heteroatoms. The van der Waals surface area contributed by atoms with Crippen molar-refractivity contribution in [2.75, 3.05) is 11.9 Å². The van der Waals surface area contributed by atoms with Crippen molar-refractivity contribution in [3.8, 4) is 0 Å². The lowest BCUT2D eigenvalue weighted by atomic mass is 10.2. The zero-order valence-corrected chi connectivity index (χ0v) is 15.3. The average molecular weight is 421 g/mol. The number of rotatable bonds is 5. The van der Waals surface area contributed by atoms with Gasteiger partial charge in [-0.25, -0.2) is 14.4 Å². The van der Waals surface area contributed by atoms with Crippen LogP contribution in [0, 0.1) is 5.82 Å². The molecule has 26 heavy (non-hydrogen) atoms. The summed E-state index contributed by atoms with van der Waals surface area (Å²) in [6, 6.07) is 5.69. The highest BCUT2D eigenvalue weighted by Crippen LogP contribution is 2.22. The van der Waals surface area contributed by atoms with Crippen LogP contribution >= 0.6 is 15.9 Å². The number of esters is 1. The number of benzene rings is 1. The van der Waals surface area contributed by atoms with Gasteiger partial charge in [0.05, 0.1) is 22.2 Å². The first-order valence-electron chi connectivity index (χ1n) is 7.73. The van der Waals surface area contributed by atoms with Crippen molar-refractivity contribution in [2.24, 2.45) is 0 Å². The Kier molecular flexibility index (Phi) is 5.27. The lowest BCUT2D eigenvalue weighted by Crippen LogP contribution is -2.13. The summed E-state index contributed by atoms with van der Waals surface area (Å²) in [7, 11) is 0. The molecule has 1 aromatic carbocycles. The Hall–Kier alpha value is -2.81. The largest absolute Gasteiger partial charge is 0.466 e. The Morgan fingerprint density at radius 3 is 2.88 bits per heavy atom. The normalized spacial score (nSPS) is 10.7. The fourth-order valence-corrected chi connectivity index (χ4v) is 2.73. The third-order valence-corrected chi connectivity index (χ3v) is 4.09. The summed E-state index contributed by atoms with van der Waals surface area (Å²) in [5.74, 6) is -0.904. The quantitative estimate of drug-likeness (QED) is 0.617. The Balaban J connectivity index is 1.86. The van der Waals surface area contributed by atoms with Crippen LogP contribution in [0.25, 0.3) is 11.2 Å². The van der Waals surface area contributed by atoms with Crippen LogP contribution in [-0.4, -0.2) is 33.4 Å². The lowest BCUT2D eigenvalue weighted by Gasteiger charge is -2.06. The number of H-pyrrole nitrogens is 1. The van der Waals surface area contributed by atoms with Crippen LogP contribution in [0.2, 0.25) is 0 Å². The van der Waals surface area contributed by atoms with Crippen molar-refractivity contribution in [3.63, 3.8) is 0 Å². The fraction of sp³-hybridized carbons (Fsp3) is 0.176. The van der Waals surface area contributed by atoms with Crippen LogP contribution < -0.4 is 5.32 Å². The summed E-state index contributed by atoms with van der Waals surface area (Å²) in [6.45, 7) is 1.99. The van der Waals surface area contributed by atoms with E-state index in [1.807, 2.05) is 0 Å². The second kappa shape index (κ2) is 7.61. The number of nitrogens with one attached hydrogen (secondary N) is 2. The molecule has 0 unspecified atom stereocenters. The molecule has 0 saturated heterocycles. The molecule has 0 aliphatic heterocycles. The van der Waals surface area contributed by atoms with Gasteiger partial charge in [-0.3, -0.25) is 9.59 Å². The first kappa shape index (κ1) is 18.0. The molecule has 2 aromatic heterocycles. The van der Waals surface area contributed by atoms with E-state index in [2.05, 4.69) is 36.2 Å². The van der Waals surface area contributed by atoms with E-state index in [9.17, 15) is 14.0 Å². The number of halogens is 2. The lowest BCUT2D eigenvalue weighted by molar-refractivity contribution is -0.142. The minimum Gasteiger partial charge on any atom is -0.466 e. The second-order valence-electron chi connectivity index (χ2n) is 5.31. The Morgan fingerprint density at radius 1 is 1.35 bits per heavy atom.